The van der Waals surface area contributed by atoms with Crippen LogP contribution in [-0.4, -0.2) is 18.1 Å². The molecule has 18 heavy (non-hydrogen) atoms. The monoisotopic (exact) mass is 278 g/mol. The van der Waals surface area contributed by atoms with Crippen molar-refractivity contribution in [2.45, 2.75) is 25.0 Å². The number of ether oxygens (including phenoxy) is 1. The summed E-state index contributed by atoms with van der Waals surface area (Å²) >= 11 is 0. The number of rotatable bonds is 4. The number of alkyl halides is 2. The highest BCUT2D eigenvalue weighted by Crippen LogP contribution is 2.33. The highest BCUT2D eigenvalue weighted by atomic mass is 35.5. The van der Waals surface area contributed by atoms with Crippen molar-refractivity contribution in [3.8, 4) is 5.75 Å². The van der Waals surface area contributed by atoms with Gasteiger partial charge in [0, 0.05) is 5.69 Å². The largest absolute Gasteiger partial charge is 0.435 e. The highest BCUT2D eigenvalue weighted by Gasteiger charge is 2.45. The maximum Gasteiger partial charge on any atom is 0.387 e. The normalized spacial score (nSPS) is 15.8. The standard InChI is InChI=1S/C11H12F2N2O2.ClH/c12-10(13)17-8-3-1-7(2-4-8)15-9(16)11(14)5-6-11;/h1-4,10H,5-6,14H2,(H,15,16);1H. The molecule has 2 rings (SSSR count). The lowest BCUT2D eigenvalue weighted by atomic mass is 10.2. The van der Waals surface area contributed by atoms with Gasteiger partial charge in [-0.15, -0.1) is 12.4 Å². The van der Waals surface area contributed by atoms with Crippen molar-refractivity contribution in [3.63, 3.8) is 0 Å². The molecule has 1 aromatic rings. The van der Waals surface area contributed by atoms with E-state index in [1.807, 2.05) is 0 Å². The lowest BCUT2D eigenvalue weighted by molar-refractivity contribution is -0.118. The van der Waals surface area contributed by atoms with Crippen LogP contribution in [0.15, 0.2) is 24.3 Å². The number of nitrogens with two attached hydrogens (primary N) is 1. The number of nitrogens with one attached hydrogen (secondary N) is 1. The van der Waals surface area contributed by atoms with Gasteiger partial charge >= 0.3 is 6.61 Å². The molecule has 0 bridgehead atoms. The Hall–Kier alpha value is -1.40. The predicted octanol–water partition coefficient (Wildman–Crippen LogP) is 2.14. The Morgan fingerprint density at radius 1 is 1.33 bits per heavy atom. The summed E-state index contributed by atoms with van der Waals surface area (Å²) in [6.07, 6.45) is 1.34. The Labute approximate surface area is 109 Å². The van der Waals surface area contributed by atoms with E-state index in [9.17, 15) is 13.6 Å². The maximum atomic E-state index is 11.9. The Kier molecular flexibility index (Phi) is 4.48. The van der Waals surface area contributed by atoms with Gasteiger partial charge in [0.1, 0.15) is 5.75 Å². The molecule has 0 radical (unpaired) electrons. The third-order valence-electron chi connectivity index (χ3n) is 2.58. The molecule has 7 heteroatoms. The summed E-state index contributed by atoms with van der Waals surface area (Å²) < 4.78 is 28.0. The number of halogens is 3. The van der Waals surface area contributed by atoms with Crippen LogP contribution in [0, 0.1) is 0 Å². The Bertz CT molecular complexity index is 422. The lowest BCUT2D eigenvalue weighted by Crippen LogP contribution is -2.37. The zero-order valence-electron chi connectivity index (χ0n) is 9.36. The molecule has 0 atom stereocenters. The van der Waals surface area contributed by atoms with Crippen LogP contribution >= 0.6 is 12.4 Å². The van der Waals surface area contributed by atoms with E-state index in [1.165, 1.54) is 24.3 Å². The molecule has 4 nitrogen and oxygen atoms in total. The van der Waals surface area contributed by atoms with E-state index >= 15 is 0 Å². The van der Waals surface area contributed by atoms with Crippen LogP contribution in [0.1, 0.15) is 12.8 Å². The van der Waals surface area contributed by atoms with Crippen LogP contribution in [0.25, 0.3) is 0 Å². The van der Waals surface area contributed by atoms with Gasteiger partial charge in [0.25, 0.3) is 0 Å². The average molecular weight is 279 g/mol. The SMILES string of the molecule is Cl.NC1(C(=O)Nc2ccc(OC(F)F)cc2)CC1. The van der Waals surface area contributed by atoms with Gasteiger partial charge in [-0.25, -0.2) is 0 Å². The number of hydrogen-bond donors (Lipinski definition) is 2. The third kappa shape index (κ3) is 3.54. The van der Waals surface area contributed by atoms with Crippen LogP contribution < -0.4 is 15.8 Å². The molecule has 1 fully saturated rings. The minimum atomic E-state index is -2.85. The summed E-state index contributed by atoms with van der Waals surface area (Å²) in [7, 11) is 0. The first kappa shape index (κ1) is 14.7. The van der Waals surface area contributed by atoms with Crippen molar-refractivity contribution < 1.29 is 18.3 Å². The summed E-state index contributed by atoms with van der Waals surface area (Å²) in [6, 6.07) is 5.69. The van der Waals surface area contributed by atoms with Gasteiger partial charge in [-0.1, -0.05) is 0 Å². The van der Waals surface area contributed by atoms with Crippen molar-refractivity contribution >= 4 is 24.0 Å². The molecule has 0 unspecified atom stereocenters. The van der Waals surface area contributed by atoms with Crippen molar-refractivity contribution in [2.24, 2.45) is 5.73 Å². The van der Waals surface area contributed by atoms with Gasteiger partial charge in [-0.05, 0) is 37.1 Å². The zero-order valence-corrected chi connectivity index (χ0v) is 10.2. The molecule has 3 N–H and O–H groups in total. The van der Waals surface area contributed by atoms with E-state index in [0.29, 0.717) is 18.5 Å². The molecule has 0 heterocycles. The third-order valence-corrected chi connectivity index (χ3v) is 2.58. The highest BCUT2D eigenvalue weighted by molar-refractivity contribution is 6.00. The molecule has 0 spiro atoms. The molecular formula is C11H13ClF2N2O2. The molecular weight excluding hydrogens is 266 g/mol. The average Bonchev–Trinajstić information content (AvgIpc) is 3.00. The van der Waals surface area contributed by atoms with Gasteiger partial charge in [0.05, 0.1) is 5.54 Å². The maximum absolute atomic E-state index is 11.9. The van der Waals surface area contributed by atoms with E-state index in [0.717, 1.165) is 0 Å². The topological polar surface area (TPSA) is 64.4 Å². The number of benzene rings is 1. The molecule has 1 saturated carbocycles. The fourth-order valence-electron chi connectivity index (χ4n) is 1.34. The van der Waals surface area contributed by atoms with Crippen LogP contribution in [0.3, 0.4) is 0 Å². The number of anilines is 1. The Morgan fingerprint density at radius 2 is 1.89 bits per heavy atom. The van der Waals surface area contributed by atoms with E-state index in [2.05, 4.69) is 10.1 Å². The van der Waals surface area contributed by atoms with Gasteiger partial charge in [0.15, 0.2) is 0 Å². The minimum absolute atomic E-state index is 0. The lowest BCUT2D eigenvalue weighted by Gasteiger charge is -2.10. The van der Waals surface area contributed by atoms with Gasteiger partial charge in [0.2, 0.25) is 5.91 Å². The van der Waals surface area contributed by atoms with Gasteiger partial charge in [-0.2, -0.15) is 8.78 Å². The fraction of sp³-hybridized carbons (Fsp3) is 0.364. The van der Waals surface area contributed by atoms with Crippen molar-refractivity contribution in [1.82, 2.24) is 0 Å². The van der Waals surface area contributed by atoms with Crippen LogP contribution in [-0.2, 0) is 4.79 Å². The Morgan fingerprint density at radius 3 is 2.33 bits per heavy atom. The second kappa shape index (κ2) is 5.49. The fourth-order valence-corrected chi connectivity index (χ4v) is 1.34. The van der Waals surface area contributed by atoms with E-state index in [-0.39, 0.29) is 24.1 Å². The summed E-state index contributed by atoms with van der Waals surface area (Å²) in [5.41, 5.74) is 5.45. The van der Waals surface area contributed by atoms with Crippen LogP contribution in [0.4, 0.5) is 14.5 Å². The summed E-state index contributed by atoms with van der Waals surface area (Å²) in [5.74, 6) is -0.202. The first-order chi connectivity index (χ1) is 7.99. The zero-order chi connectivity index (χ0) is 12.5. The second-order valence-electron chi connectivity index (χ2n) is 4.01. The first-order valence-corrected chi connectivity index (χ1v) is 5.15. The molecule has 100 valence electrons. The van der Waals surface area contributed by atoms with Crippen molar-refractivity contribution in [2.75, 3.05) is 5.32 Å². The first-order valence-electron chi connectivity index (χ1n) is 5.15. The quantitative estimate of drug-likeness (QED) is 0.887. The van der Waals surface area contributed by atoms with Crippen molar-refractivity contribution in [3.05, 3.63) is 24.3 Å². The molecule has 1 amide bonds. The second-order valence-corrected chi connectivity index (χ2v) is 4.01. The number of carbonyl (C=O) groups excluding carboxylic acids is 1. The molecule has 1 aromatic carbocycles. The summed E-state index contributed by atoms with van der Waals surface area (Å²) in [5, 5.41) is 2.62. The van der Waals surface area contributed by atoms with E-state index < -0.39 is 12.2 Å². The molecule has 0 saturated heterocycles. The Balaban J connectivity index is 0.00000162. The van der Waals surface area contributed by atoms with Crippen LogP contribution in [0.5, 0.6) is 5.75 Å². The molecule has 0 aliphatic heterocycles. The minimum Gasteiger partial charge on any atom is -0.435 e. The van der Waals surface area contributed by atoms with E-state index in [1.54, 1.807) is 0 Å². The number of carbonyl (C=O) groups is 1. The summed E-state index contributed by atoms with van der Waals surface area (Å²) in [6.45, 7) is -2.85. The molecule has 1 aliphatic carbocycles. The van der Waals surface area contributed by atoms with Crippen LogP contribution in [0.2, 0.25) is 0 Å². The van der Waals surface area contributed by atoms with E-state index in [4.69, 9.17) is 5.73 Å². The smallest absolute Gasteiger partial charge is 0.387 e. The molecule has 0 aromatic heterocycles. The van der Waals surface area contributed by atoms with Gasteiger partial charge < -0.3 is 15.8 Å². The predicted molar refractivity (Wildman–Crippen MR) is 65.1 cm³/mol. The van der Waals surface area contributed by atoms with Gasteiger partial charge in [-0.3, -0.25) is 4.79 Å². The molecule has 1 aliphatic rings. The summed E-state index contributed by atoms with van der Waals surface area (Å²) in [4.78, 5) is 11.6. The number of amides is 1. The van der Waals surface area contributed by atoms with Crippen molar-refractivity contribution in [1.29, 1.82) is 0 Å². The number of hydrogen-bond acceptors (Lipinski definition) is 3.